The number of hydrogen-bond donors (Lipinski definition) is 3. The van der Waals surface area contributed by atoms with E-state index >= 15 is 0 Å². The van der Waals surface area contributed by atoms with Crippen LogP contribution in [0.2, 0.25) is 0 Å². The fourth-order valence-corrected chi connectivity index (χ4v) is 4.31. The Labute approximate surface area is 183 Å². The predicted molar refractivity (Wildman–Crippen MR) is 119 cm³/mol. The van der Waals surface area contributed by atoms with Crippen molar-refractivity contribution in [2.45, 2.75) is 63.6 Å². The molecule has 0 amide bonds. The van der Waals surface area contributed by atoms with Crippen molar-refractivity contribution in [3.63, 3.8) is 0 Å². The summed E-state index contributed by atoms with van der Waals surface area (Å²) >= 11 is 0. The van der Waals surface area contributed by atoms with E-state index < -0.39 is 12.0 Å². The fourth-order valence-electron chi connectivity index (χ4n) is 4.31. The molecule has 1 unspecified atom stereocenters. The third-order valence-corrected chi connectivity index (χ3v) is 6.31. The number of ether oxygens (including phenoxy) is 1. The summed E-state index contributed by atoms with van der Waals surface area (Å²) in [6, 6.07) is 7.55. The van der Waals surface area contributed by atoms with Crippen LogP contribution < -0.4 is 10.6 Å². The van der Waals surface area contributed by atoms with Crippen molar-refractivity contribution in [1.29, 1.82) is 0 Å². The number of carboxylic acids is 1. The first-order valence-corrected chi connectivity index (χ1v) is 11.4. The summed E-state index contributed by atoms with van der Waals surface area (Å²) in [5, 5.41) is 15.9. The lowest BCUT2D eigenvalue weighted by atomic mass is 9.79. The highest BCUT2D eigenvalue weighted by Gasteiger charge is 2.30. The second-order valence-electron chi connectivity index (χ2n) is 8.63. The van der Waals surface area contributed by atoms with E-state index in [4.69, 9.17) is 9.72 Å². The number of pyridine rings is 2. The van der Waals surface area contributed by atoms with Crippen LogP contribution in [-0.4, -0.2) is 46.3 Å². The van der Waals surface area contributed by atoms with E-state index in [1.165, 1.54) is 17.7 Å². The van der Waals surface area contributed by atoms with Gasteiger partial charge < -0.3 is 20.5 Å². The summed E-state index contributed by atoms with van der Waals surface area (Å²) in [6.45, 7) is 2.00. The van der Waals surface area contributed by atoms with Crippen molar-refractivity contribution in [3.05, 3.63) is 53.5 Å². The molecule has 0 saturated heterocycles. The number of anilines is 1. The number of aliphatic carboxylic acids is 1. The largest absolute Gasteiger partial charge is 0.480 e. The van der Waals surface area contributed by atoms with Crippen molar-refractivity contribution in [3.8, 4) is 0 Å². The summed E-state index contributed by atoms with van der Waals surface area (Å²) in [6.07, 6.45) is 10.7. The quantitative estimate of drug-likeness (QED) is 0.510. The van der Waals surface area contributed by atoms with Crippen molar-refractivity contribution in [1.82, 2.24) is 15.3 Å². The van der Waals surface area contributed by atoms with Gasteiger partial charge in [-0.3, -0.25) is 9.78 Å². The van der Waals surface area contributed by atoms with Gasteiger partial charge in [0.25, 0.3) is 0 Å². The van der Waals surface area contributed by atoms with Crippen molar-refractivity contribution in [2.75, 3.05) is 18.5 Å². The Morgan fingerprint density at radius 2 is 2.10 bits per heavy atom. The molecule has 7 heteroatoms. The van der Waals surface area contributed by atoms with Gasteiger partial charge in [-0.2, -0.15) is 0 Å². The Bertz CT molecular complexity index is 855. The summed E-state index contributed by atoms with van der Waals surface area (Å²) in [5.74, 6) is 0.913. The maximum Gasteiger partial charge on any atom is 0.320 e. The minimum atomic E-state index is -0.837. The predicted octanol–water partition coefficient (Wildman–Crippen LogP) is 3.20. The SMILES string of the molecule is O=C(O)C(CCO[C@H]1C[C@@H](CCc2ccc3c(n2)NCCC3)C1)NCc1ccncc1. The van der Waals surface area contributed by atoms with Crippen LogP contribution in [0.5, 0.6) is 0 Å². The number of carbonyl (C=O) groups is 1. The average molecular weight is 425 g/mol. The first-order chi connectivity index (χ1) is 15.2. The molecule has 31 heavy (non-hydrogen) atoms. The fraction of sp³-hybridized carbons (Fsp3) is 0.542. The van der Waals surface area contributed by atoms with Gasteiger partial charge in [0.05, 0.1) is 6.10 Å². The number of nitrogens with one attached hydrogen (secondary N) is 2. The van der Waals surface area contributed by atoms with Crippen LogP contribution in [0.4, 0.5) is 5.82 Å². The smallest absolute Gasteiger partial charge is 0.320 e. The molecule has 3 N–H and O–H groups in total. The maximum absolute atomic E-state index is 11.5. The molecule has 7 nitrogen and oxygen atoms in total. The van der Waals surface area contributed by atoms with E-state index in [2.05, 4.69) is 27.8 Å². The molecule has 1 atom stereocenters. The molecule has 1 saturated carbocycles. The summed E-state index contributed by atoms with van der Waals surface area (Å²) in [4.78, 5) is 20.3. The van der Waals surface area contributed by atoms with Crippen molar-refractivity contribution >= 4 is 11.8 Å². The molecule has 0 spiro atoms. The number of aromatic nitrogens is 2. The highest BCUT2D eigenvalue weighted by Crippen LogP contribution is 2.34. The number of carboxylic acid groups (broad SMARTS) is 1. The van der Waals surface area contributed by atoms with Gasteiger partial charge in [0.1, 0.15) is 11.9 Å². The van der Waals surface area contributed by atoms with Gasteiger partial charge in [0.15, 0.2) is 0 Å². The molecule has 3 heterocycles. The summed E-state index contributed by atoms with van der Waals surface area (Å²) in [5.41, 5.74) is 3.53. The number of rotatable bonds is 11. The van der Waals surface area contributed by atoms with Gasteiger partial charge in [0, 0.05) is 37.8 Å². The number of nitrogens with zero attached hydrogens (tertiary/aromatic N) is 2. The summed E-state index contributed by atoms with van der Waals surface area (Å²) < 4.78 is 5.93. The third kappa shape index (κ3) is 6.24. The van der Waals surface area contributed by atoms with Crippen LogP contribution in [0.3, 0.4) is 0 Å². The molecule has 4 rings (SSSR count). The summed E-state index contributed by atoms with van der Waals surface area (Å²) in [7, 11) is 0. The number of fused-ring (bicyclic) bond motifs is 1. The molecule has 1 aliphatic heterocycles. The van der Waals surface area contributed by atoms with E-state index in [1.807, 2.05) is 12.1 Å². The highest BCUT2D eigenvalue weighted by molar-refractivity contribution is 5.73. The molecule has 2 aromatic rings. The topological polar surface area (TPSA) is 96.4 Å². The Morgan fingerprint density at radius 3 is 2.90 bits per heavy atom. The normalized spacial score (nSPS) is 20.9. The lowest BCUT2D eigenvalue weighted by Gasteiger charge is -2.35. The van der Waals surface area contributed by atoms with Crippen molar-refractivity contribution < 1.29 is 14.6 Å². The van der Waals surface area contributed by atoms with Gasteiger partial charge in [-0.15, -0.1) is 0 Å². The number of aryl methyl sites for hydroxylation is 2. The van der Waals surface area contributed by atoms with Crippen LogP contribution in [-0.2, 0) is 28.9 Å². The van der Waals surface area contributed by atoms with E-state index in [1.54, 1.807) is 12.4 Å². The van der Waals surface area contributed by atoms with Crippen LogP contribution >= 0.6 is 0 Å². The van der Waals surface area contributed by atoms with E-state index in [0.29, 0.717) is 25.5 Å². The van der Waals surface area contributed by atoms with Gasteiger partial charge in [-0.05, 0) is 80.2 Å². The van der Waals surface area contributed by atoms with Gasteiger partial charge in [-0.25, -0.2) is 4.98 Å². The second-order valence-corrected chi connectivity index (χ2v) is 8.63. The lowest BCUT2D eigenvalue weighted by Crippen LogP contribution is -2.38. The first-order valence-electron chi connectivity index (χ1n) is 11.4. The molecular weight excluding hydrogens is 392 g/mol. The minimum Gasteiger partial charge on any atom is -0.480 e. The molecule has 2 aromatic heterocycles. The van der Waals surface area contributed by atoms with E-state index in [0.717, 1.165) is 50.0 Å². The standard InChI is InChI=1S/C24H32N4O3/c29-24(30)22(27-16-17-7-11-25-12-8-17)9-13-31-21-14-18(15-21)3-5-20-6-4-19-2-1-10-26-23(19)28-20/h4,6-8,11-12,18,21-22,27H,1-3,5,9-10,13-16H2,(H,26,28)(H,29,30)/t18-,21+,22?. The lowest BCUT2D eigenvalue weighted by molar-refractivity contribution is -0.140. The van der Waals surface area contributed by atoms with Crippen LogP contribution in [0.25, 0.3) is 0 Å². The molecule has 166 valence electrons. The average Bonchev–Trinajstić information content (AvgIpc) is 2.77. The Balaban J connectivity index is 1.11. The first kappa shape index (κ1) is 21.7. The van der Waals surface area contributed by atoms with Gasteiger partial charge in [0.2, 0.25) is 0 Å². The zero-order valence-electron chi connectivity index (χ0n) is 17.9. The van der Waals surface area contributed by atoms with E-state index in [-0.39, 0.29) is 6.10 Å². The van der Waals surface area contributed by atoms with Crippen molar-refractivity contribution in [2.24, 2.45) is 5.92 Å². The highest BCUT2D eigenvalue weighted by atomic mass is 16.5. The Kier molecular flexibility index (Phi) is 7.48. The maximum atomic E-state index is 11.5. The molecular formula is C24H32N4O3. The van der Waals surface area contributed by atoms with Gasteiger partial charge >= 0.3 is 5.97 Å². The second kappa shape index (κ2) is 10.7. The van der Waals surface area contributed by atoms with Gasteiger partial charge in [-0.1, -0.05) is 6.07 Å². The van der Waals surface area contributed by atoms with Crippen LogP contribution in [0.15, 0.2) is 36.7 Å². The van der Waals surface area contributed by atoms with E-state index in [9.17, 15) is 9.90 Å². The monoisotopic (exact) mass is 424 g/mol. The Morgan fingerprint density at radius 1 is 1.26 bits per heavy atom. The zero-order chi connectivity index (χ0) is 21.5. The van der Waals surface area contributed by atoms with Crippen LogP contribution in [0.1, 0.15) is 48.9 Å². The Hall–Kier alpha value is -2.51. The molecule has 0 radical (unpaired) electrons. The van der Waals surface area contributed by atoms with Crippen LogP contribution in [0, 0.1) is 5.92 Å². The molecule has 0 bridgehead atoms. The molecule has 1 fully saturated rings. The zero-order valence-corrected chi connectivity index (χ0v) is 17.9. The molecule has 0 aromatic carbocycles. The third-order valence-electron chi connectivity index (χ3n) is 6.31. The minimum absolute atomic E-state index is 0.262. The number of hydrogen-bond acceptors (Lipinski definition) is 6. The molecule has 2 aliphatic rings. The molecule has 1 aliphatic carbocycles.